The van der Waals surface area contributed by atoms with E-state index in [9.17, 15) is 21.6 Å². The van der Waals surface area contributed by atoms with Crippen LogP contribution in [0.2, 0.25) is 0 Å². The Morgan fingerprint density at radius 3 is 2.04 bits per heavy atom. The molecule has 1 saturated carbocycles. The summed E-state index contributed by atoms with van der Waals surface area (Å²) in [4.78, 5) is 0.263. The van der Waals surface area contributed by atoms with E-state index in [1.807, 2.05) is 6.92 Å². The van der Waals surface area contributed by atoms with Crippen molar-refractivity contribution in [1.29, 1.82) is 0 Å². The summed E-state index contributed by atoms with van der Waals surface area (Å²) in [7, 11) is -3.22. The summed E-state index contributed by atoms with van der Waals surface area (Å²) in [6.45, 7) is 1.94. The first kappa shape index (κ1) is 18.3. The first-order valence-corrected chi connectivity index (χ1v) is 9.59. The molecule has 1 unspecified atom stereocenters. The van der Waals surface area contributed by atoms with Crippen LogP contribution in [0, 0.1) is 5.92 Å². The van der Waals surface area contributed by atoms with Crippen molar-refractivity contribution >= 4 is 9.84 Å². The van der Waals surface area contributed by atoms with Gasteiger partial charge in [0.25, 0.3) is 0 Å². The maximum absolute atomic E-state index is 12.7. The molecule has 1 aliphatic rings. The van der Waals surface area contributed by atoms with Crippen LogP contribution in [-0.4, -0.2) is 26.9 Å². The Balaban J connectivity index is 1.92. The number of hydrogen-bond donors (Lipinski definition) is 1. The van der Waals surface area contributed by atoms with E-state index in [2.05, 4.69) is 5.32 Å². The van der Waals surface area contributed by atoms with E-state index in [0.717, 1.165) is 11.8 Å². The summed E-state index contributed by atoms with van der Waals surface area (Å²) in [5.74, 6) is -1.18. The average Bonchev–Trinajstić information content (AvgIpc) is 2.46. The maximum Gasteiger partial charge on any atom is 0.391 e. The summed E-state index contributed by atoms with van der Waals surface area (Å²) in [6.07, 6.45) is -1.57. The number of sulfone groups is 1. The zero-order chi connectivity index (χ0) is 17.3. The normalized spacial score (nSPS) is 24.4. The van der Waals surface area contributed by atoms with Crippen molar-refractivity contribution in [3.63, 3.8) is 0 Å². The summed E-state index contributed by atoms with van der Waals surface area (Å²) < 4.78 is 60.9. The second-order valence-corrected chi connectivity index (χ2v) is 8.34. The van der Waals surface area contributed by atoms with Gasteiger partial charge in [0.15, 0.2) is 9.84 Å². The second-order valence-electron chi connectivity index (χ2n) is 6.32. The van der Waals surface area contributed by atoms with Gasteiger partial charge >= 0.3 is 6.18 Å². The highest BCUT2D eigenvalue weighted by molar-refractivity contribution is 7.90. The molecule has 3 nitrogen and oxygen atoms in total. The molecule has 2 rings (SSSR count). The lowest BCUT2D eigenvalue weighted by Crippen LogP contribution is -2.38. The molecule has 0 amide bonds. The van der Waals surface area contributed by atoms with Crippen LogP contribution in [0.15, 0.2) is 29.2 Å². The molecule has 0 heterocycles. The van der Waals surface area contributed by atoms with E-state index in [1.54, 1.807) is 24.3 Å². The highest BCUT2D eigenvalue weighted by atomic mass is 32.2. The van der Waals surface area contributed by atoms with Gasteiger partial charge in [-0.2, -0.15) is 13.2 Å². The van der Waals surface area contributed by atoms with E-state index in [1.165, 1.54) is 0 Å². The first-order valence-electron chi connectivity index (χ1n) is 7.70. The molecule has 1 fully saturated rings. The van der Waals surface area contributed by atoms with Gasteiger partial charge in [-0.15, -0.1) is 0 Å². The van der Waals surface area contributed by atoms with Crippen LogP contribution in [0.1, 0.15) is 44.2 Å². The Labute approximate surface area is 135 Å². The minimum atomic E-state index is -4.09. The predicted molar refractivity (Wildman–Crippen MR) is 82.9 cm³/mol. The van der Waals surface area contributed by atoms with Crippen LogP contribution in [0.5, 0.6) is 0 Å². The van der Waals surface area contributed by atoms with Crippen molar-refractivity contribution in [2.45, 2.75) is 55.8 Å². The van der Waals surface area contributed by atoms with Crippen LogP contribution in [0.4, 0.5) is 13.2 Å². The highest BCUT2D eigenvalue weighted by Crippen LogP contribution is 2.37. The third-order valence-corrected chi connectivity index (χ3v) is 5.61. The van der Waals surface area contributed by atoms with Crippen molar-refractivity contribution in [3.8, 4) is 0 Å². The molecule has 1 aliphatic carbocycles. The molecule has 0 aromatic heterocycles. The van der Waals surface area contributed by atoms with Gasteiger partial charge in [0.05, 0.1) is 10.8 Å². The molecular formula is C16H22F3NO2S. The Hall–Kier alpha value is -1.08. The Kier molecular flexibility index (Phi) is 5.41. The Bertz CT molecular complexity index is 618. The molecule has 23 heavy (non-hydrogen) atoms. The fourth-order valence-electron chi connectivity index (χ4n) is 3.04. The molecule has 0 aliphatic heterocycles. The molecule has 7 heteroatoms. The fourth-order valence-corrected chi connectivity index (χ4v) is 3.67. The lowest BCUT2D eigenvalue weighted by Gasteiger charge is -2.32. The first-order chi connectivity index (χ1) is 10.6. The minimum absolute atomic E-state index is 0.0314. The summed E-state index contributed by atoms with van der Waals surface area (Å²) in [6, 6.07) is 6.65. The number of halogens is 3. The fraction of sp³-hybridized carbons (Fsp3) is 0.625. The number of benzene rings is 1. The zero-order valence-corrected chi connectivity index (χ0v) is 14.0. The smallest absolute Gasteiger partial charge is 0.307 e. The maximum atomic E-state index is 12.7. The van der Waals surface area contributed by atoms with E-state index in [4.69, 9.17) is 0 Å². The lowest BCUT2D eigenvalue weighted by atomic mass is 9.85. The Morgan fingerprint density at radius 1 is 1.09 bits per heavy atom. The number of rotatable bonds is 4. The zero-order valence-electron chi connectivity index (χ0n) is 13.2. The van der Waals surface area contributed by atoms with E-state index in [-0.39, 0.29) is 29.8 Å². The number of nitrogens with one attached hydrogen (secondary N) is 1. The summed E-state index contributed by atoms with van der Waals surface area (Å²) >= 11 is 0. The van der Waals surface area contributed by atoms with Crippen molar-refractivity contribution < 1.29 is 21.6 Å². The SMILES string of the molecule is CC(NC1CCC(C(F)(F)F)CC1)c1ccc(S(C)(=O)=O)cc1. The quantitative estimate of drug-likeness (QED) is 0.898. The largest absolute Gasteiger partial charge is 0.391 e. The van der Waals surface area contributed by atoms with Crippen molar-refractivity contribution in [2.75, 3.05) is 6.26 Å². The molecule has 0 spiro atoms. The van der Waals surface area contributed by atoms with Gasteiger partial charge in [-0.25, -0.2) is 8.42 Å². The number of hydrogen-bond acceptors (Lipinski definition) is 3. The lowest BCUT2D eigenvalue weighted by molar-refractivity contribution is -0.182. The highest BCUT2D eigenvalue weighted by Gasteiger charge is 2.41. The van der Waals surface area contributed by atoms with Gasteiger partial charge in [-0.3, -0.25) is 0 Å². The Morgan fingerprint density at radius 2 is 1.61 bits per heavy atom. The van der Waals surface area contributed by atoms with E-state index < -0.39 is 21.9 Å². The molecule has 130 valence electrons. The third kappa shape index (κ3) is 4.94. The van der Waals surface area contributed by atoms with Crippen LogP contribution in [-0.2, 0) is 9.84 Å². The topological polar surface area (TPSA) is 46.2 Å². The van der Waals surface area contributed by atoms with Gasteiger partial charge in [-0.1, -0.05) is 12.1 Å². The van der Waals surface area contributed by atoms with Gasteiger partial charge in [0.2, 0.25) is 0 Å². The van der Waals surface area contributed by atoms with Gasteiger partial charge in [-0.05, 0) is 50.3 Å². The molecule has 0 radical (unpaired) electrons. The average molecular weight is 349 g/mol. The standard InChI is InChI=1S/C16H22F3NO2S/c1-11(12-3-9-15(10-4-12)23(2,21)22)20-14-7-5-13(6-8-14)16(17,18)19/h3-4,9-11,13-14,20H,5-8H2,1-2H3. The summed E-state index contributed by atoms with van der Waals surface area (Å²) in [5, 5.41) is 3.35. The van der Waals surface area contributed by atoms with Gasteiger partial charge in [0.1, 0.15) is 0 Å². The minimum Gasteiger partial charge on any atom is -0.307 e. The molecular weight excluding hydrogens is 327 g/mol. The third-order valence-electron chi connectivity index (χ3n) is 4.48. The summed E-state index contributed by atoms with van der Waals surface area (Å²) in [5.41, 5.74) is 0.926. The van der Waals surface area contributed by atoms with Crippen molar-refractivity contribution in [1.82, 2.24) is 5.32 Å². The van der Waals surface area contributed by atoms with Crippen molar-refractivity contribution in [2.24, 2.45) is 5.92 Å². The monoisotopic (exact) mass is 349 g/mol. The molecule has 0 saturated heterocycles. The predicted octanol–water partition coefficient (Wildman–Crippen LogP) is 3.86. The van der Waals surface area contributed by atoms with Crippen LogP contribution >= 0.6 is 0 Å². The van der Waals surface area contributed by atoms with Crippen LogP contribution in [0.25, 0.3) is 0 Å². The molecule has 1 aromatic carbocycles. The van der Waals surface area contributed by atoms with E-state index >= 15 is 0 Å². The van der Waals surface area contributed by atoms with Gasteiger partial charge < -0.3 is 5.32 Å². The van der Waals surface area contributed by atoms with Crippen LogP contribution < -0.4 is 5.32 Å². The molecule has 1 aromatic rings. The number of alkyl halides is 3. The molecule has 1 N–H and O–H groups in total. The van der Waals surface area contributed by atoms with Crippen LogP contribution in [0.3, 0.4) is 0 Å². The molecule has 0 bridgehead atoms. The van der Waals surface area contributed by atoms with Gasteiger partial charge in [0, 0.05) is 18.3 Å². The molecule has 1 atom stereocenters. The van der Waals surface area contributed by atoms with Crippen molar-refractivity contribution in [3.05, 3.63) is 29.8 Å². The second kappa shape index (κ2) is 6.81. The van der Waals surface area contributed by atoms with E-state index in [0.29, 0.717) is 12.8 Å².